The van der Waals surface area contributed by atoms with Crippen molar-refractivity contribution in [2.45, 2.75) is 38.4 Å². The second-order valence-corrected chi connectivity index (χ2v) is 4.93. The van der Waals surface area contributed by atoms with Crippen LogP contribution in [0.3, 0.4) is 0 Å². The van der Waals surface area contributed by atoms with Gasteiger partial charge in [0.25, 0.3) is 0 Å². The molecule has 1 heterocycles. The van der Waals surface area contributed by atoms with Gasteiger partial charge in [-0.1, -0.05) is 0 Å². The first kappa shape index (κ1) is 14.1. The van der Waals surface area contributed by atoms with Crippen LogP contribution in [0.4, 0.5) is 11.4 Å². The summed E-state index contributed by atoms with van der Waals surface area (Å²) >= 11 is 0. The Labute approximate surface area is 111 Å². The summed E-state index contributed by atoms with van der Waals surface area (Å²) in [5, 5.41) is 31.5. The molecule has 1 aromatic rings. The maximum absolute atomic E-state index is 9.85. The number of nitrogens with two attached hydrogens (primary N) is 1. The van der Waals surface area contributed by atoms with Gasteiger partial charge in [0, 0.05) is 0 Å². The van der Waals surface area contributed by atoms with Crippen LogP contribution < -0.4 is 11.1 Å². The van der Waals surface area contributed by atoms with Gasteiger partial charge in [0.05, 0.1) is 18.0 Å². The molecule has 2 rings (SSSR count). The molecule has 4 atom stereocenters. The average molecular weight is 268 g/mol. The molecule has 106 valence electrons. The van der Waals surface area contributed by atoms with Crippen molar-refractivity contribution in [2.24, 2.45) is 0 Å². The van der Waals surface area contributed by atoms with Crippen LogP contribution in [-0.4, -0.2) is 46.5 Å². The van der Waals surface area contributed by atoms with E-state index in [4.69, 9.17) is 15.6 Å². The maximum atomic E-state index is 9.85. The highest BCUT2D eigenvalue weighted by molar-refractivity contribution is 5.68. The topological polar surface area (TPSA) is 108 Å². The highest BCUT2D eigenvalue weighted by Crippen LogP contribution is 2.28. The van der Waals surface area contributed by atoms with E-state index in [1.807, 2.05) is 26.0 Å². The highest BCUT2D eigenvalue weighted by atomic mass is 16.6. The predicted octanol–water partition coefficient (Wildman–Crippen LogP) is -0.263. The molecule has 0 unspecified atom stereocenters. The molecule has 6 heteroatoms. The van der Waals surface area contributed by atoms with Crippen molar-refractivity contribution in [3.05, 3.63) is 23.3 Å². The average Bonchev–Trinajstić information content (AvgIpc) is 2.63. The zero-order valence-corrected chi connectivity index (χ0v) is 11.0. The molecule has 0 saturated carbocycles. The first-order valence-electron chi connectivity index (χ1n) is 6.19. The van der Waals surface area contributed by atoms with Crippen molar-refractivity contribution in [1.29, 1.82) is 0 Å². The largest absolute Gasteiger partial charge is 0.397 e. The molecular weight excluding hydrogens is 248 g/mol. The minimum Gasteiger partial charge on any atom is -0.397 e. The third kappa shape index (κ3) is 2.66. The Hall–Kier alpha value is -1.34. The SMILES string of the molecule is Cc1cc(N)c(N[C@@H]2O[C@@H](CO)[C@@H](O)[C@H]2O)cc1C. The van der Waals surface area contributed by atoms with Gasteiger partial charge < -0.3 is 31.1 Å². The molecule has 1 saturated heterocycles. The van der Waals surface area contributed by atoms with Gasteiger partial charge in [-0.2, -0.15) is 0 Å². The van der Waals surface area contributed by atoms with E-state index in [1.54, 1.807) is 0 Å². The molecule has 1 fully saturated rings. The van der Waals surface area contributed by atoms with E-state index < -0.39 is 24.5 Å². The van der Waals surface area contributed by atoms with Crippen LogP contribution in [0, 0.1) is 13.8 Å². The number of nitrogens with one attached hydrogen (secondary N) is 1. The van der Waals surface area contributed by atoms with E-state index in [0.717, 1.165) is 11.1 Å². The number of aliphatic hydroxyl groups is 3. The Morgan fingerprint density at radius 3 is 2.42 bits per heavy atom. The number of hydrogen-bond donors (Lipinski definition) is 5. The van der Waals surface area contributed by atoms with Crippen LogP contribution in [0.25, 0.3) is 0 Å². The van der Waals surface area contributed by atoms with E-state index in [-0.39, 0.29) is 6.61 Å². The Kier molecular flexibility index (Phi) is 3.96. The summed E-state index contributed by atoms with van der Waals surface area (Å²) in [6.45, 7) is 3.57. The van der Waals surface area contributed by atoms with Gasteiger partial charge in [-0.15, -0.1) is 0 Å². The third-order valence-corrected chi connectivity index (χ3v) is 3.51. The summed E-state index contributed by atoms with van der Waals surface area (Å²) in [5.74, 6) is 0. The molecular formula is C13H20N2O4. The molecule has 6 nitrogen and oxygen atoms in total. The molecule has 6 N–H and O–H groups in total. The van der Waals surface area contributed by atoms with Gasteiger partial charge in [0.15, 0.2) is 6.23 Å². The lowest BCUT2D eigenvalue weighted by atomic mass is 10.1. The lowest BCUT2D eigenvalue weighted by molar-refractivity contribution is -0.0153. The number of aliphatic hydroxyl groups excluding tert-OH is 3. The van der Waals surface area contributed by atoms with Crippen LogP contribution in [0.2, 0.25) is 0 Å². The summed E-state index contributed by atoms with van der Waals surface area (Å²) < 4.78 is 5.35. The zero-order chi connectivity index (χ0) is 14.2. The molecule has 1 aromatic carbocycles. The molecule has 0 aromatic heterocycles. The number of rotatable bonds is 3. The van der Waals surface area contributed by atoms with E-state index in [9.17, 15) is 10.2 Å². The van der Waals surface area contributed by atoms with Gasteiger partial charge >= 0.3 is 0 Å². The number of ether oxygens (including phenoxy) is 1. The van der Waals surface area contributed by atoms with Crippen LogP contribution in [0.1, 0.15) is 11.1 Å². The van der Waals surface area contributed by atoms with Gasteiger partial charge in [-0.25, -0.2) is 0 Å². The second-order valence-electron chi connectivity index (χ2n) is 4.93. The van der Waals surface area contributed by atoms with Crippen molar-refractivity contribution in [2.75, 3.05) is 17.7 Å². The molecule has 0 bridgehead atoms. The zero-order valence-electron chi connectivity index (χ0n) is 11.0. The van der Waals surface area contributed by atoms with Gasteiger partial charge in [-0.05, 0) is 37.1 Å². The van der Waals surface area contributed by atoms with Crippen molar-refractivity contribution < 1.29 is 20.1 Å². The second kappa shape index (κ2) is 5.34. The summed E-state index contributed by atoms with van der Waals surface area (Å²) in [4.78, 5) is 0. The maximum Gasteiger partial charge on any atom is 0.157 e. The molecule has 1 aliphatic rings. The van der Waals surface area contributed by atoms with E-state index in [1.165, 1.54) is 0 Å². The molecule has 1 aliphatic heterocycles. The number of hydrogen-bond acceptors (Lipinski definition) is 6. The predicted molar refractivity (Wildman–Crippen MR) is 71.7 cm³/mol. The number of anilines is 2. The Morgan fingerprint density at radius 2 is 1.84 bits per heavy atom. The molecule has 19 heavy (non-hydrogen) atoms. The van der Waals surface area contributed by atoms with Crippen LogP contribution in [-0.2, 0) is 4.74 Å². The smallest absolute Gasteiger partial charge is 0.157 e. The monoisotopic (exact) mass is 268 g/mol. The summed E-state index contributed by atoms with van der Waals surface area (Å²) in [6.07, 6.45) is -3.81. The third-order valence-electron chi connectivity index (χ3n) is 3.51. The molecule has 0 amide bonds. The minimum atomic E-state index is -1.12. The van der Waals surface area contributed by atoms with E-state index in [2.05, 4.69) is 5.32 Å². The van der Waals surface area contributed by atoms with Crippen molar-refractivity contribution in [3.63, 3.8) is 0 Å². The first-order chi connectivity index (χ1) is 8.93. The molecule has 0 radical (unpaired) electrons. The van der Waals surface area contributed by atoms with Crippen molar-refractivity contribution in [3.8, 4) is 0 Å². The highest BCUT2D eigenvalue weighted by Gasteiger charge is 2.42. The lowest BCUT2D eigenvalue weighted by Gasteiger charge is -2.20. The standard InChI is InChI=1S/C13H20N2O4/c1-6-3-8(14)9(4-7(6)2)15-13-12(18)11(17)10(5-16)19-13/h3-4,10-13,15-18H,5,14H2,1-2H3/t10-,11+,12+,13+/m0/s1. The van der Waals surface area contributed by atoms with Crippen molar-refractivity contribution >= 4 is 11.4 Å². The number of nitrogen functional groups attached to an aromatic ring is 1. The Morgan fingerprint density at radius 1 is 1.21 bits per heavy atom. The normalized spacial score (nSPS) is 30.6. The fourth-order valence-corrected chi connectivity index (χ4v) is 2.14. The van der Waals surface area contributed by atoms with Gasteiger partial charge in [0.2, 0.25) is 0 Å². The van der Waals surface area contributed by atoms with Crippen LogP contribution >= 0.6 is 0 Å². The summed E-state index contributed by atoms with van der Waals surface area (Å²) in [6, 6.07) is 3.69. The van der Waals surface area contributed by atoms with Gasteiger partial charge in [0.1, 0.15) is 18.3 Å². The summed E-state index contributed by atoms with van der Waals surface area (Å²) in [5.41, 5.74) is 9.22. The quantitative estimate of drug-likeness (QED) is 0.483. The van der Waals surface area contributed by atoms with Crippen LogP contribution in [0.5, 0.6) is 0 Å². The van der Waals surface area contributed by atoms with Gasteiger partial charge in [-0.3, -0.25) is 0 Å². The minimum absolute atomic E-state index is 0.348. The molecule has 0 aliphatic carbocycles. The number of aryl methyl sites for hydroxylation is 2. The van der Waals surface area contributed by atoms with Crippen molar-refractivity contribution in [1.82, 2.24) is 0 Å². The van der Waals surface area contributed by atoms with E-state index in [0.29, 0.717) is 11.4 Å². The number of benzene rings is 1. The lowest BCUT2D eigenvalue weighted by Crippen LogP contribution is -2.36. The summed E-state index contributed by atoms with van der Waals surface area (Å²) in [7, 11) is 0. The van der Waals surface area contributed by atoms with E-state index >= 15 is 0 Å². The Balaban J connectivity index is 2.16. The fraction of sp³-hybridized carbons (Fsp3) is 0.538. The first-order valence-corrected chi connectivity index (χ1v) is 6.19. The van der Waals surface area contributed by atoms with Crippen LogP contribution in [0.15, 0.2) is 12.1 Å². The molecule has 0 spiro atoms. The fourth-order valence-electron chi connectivity index (χ4n) is 2.14. The Bertz CT molecular complexity index is 466.